The van der Waals surface area contributed by atoms with Crippen molar-refractivity contribution in [3.63, 3.8) is 0 Å². The predicted octanol–water partition coefficient (Wildman–Crippen LogP) is 3.98. The van der Waals surface area contributed by atoms with Gasteiger partial charge in [0, 0.05) is 23.8 Å². The minimum Gasteiger partial charge on any atom is -0.378 e. The number of nitrogens with zero attached hydrogens (tertiary/aromatic N) is 3. The van der Waals surface area contributed by atoms with Crippen LogP contribution in [0.25, 0.3) is 6.08 Å². The summed E-state index contributed by atoms with van der Waals surface area (Å²) in [5, 5.41) is 6.45. The molecule has 2 aromatic carbocycles. The van der Waals surface area contributed by atoms with E-state index in [1.165, 1.54) is 10.7 Å². The first kappa shape index (κ1) is 17.8. The third-order valence-electron chi connectivity index (χ3n) is 4.71. The van der Waals surface area contributed by atoms with Gasteiger partial charge in [0.15, 0.2) is 0 Å². The van der Waals surface area contributed by atoms with Gasteiger partial charge in [-0.25, -0.2) is 0 Å². The van der Waals surface area contributed by atoms with E-state index in [9.17, 15) is 4.79 Å². The zero-order valence-electron chi connectivity index (χ0n) is 15.1. The molecule has 0 atom stereocenters. The number of rotatable bonds is 3. The van der Waals surface area contributed by atoms with Crippen molar-refractivity contribution in [3.8, 4) is 0 Å². The number of anilines is 2. The van der Waals surface area contributed by atoms with Crippen molar-refractivity contribution in [2.24, 2.45) is 5.10 Å². The van der Waals surface area contributed by atoms with Crippen LogP contribution in [0.4, 0.5) is 11.4 Å². The molecular weight excluding hydrogens is 362 g/mol. The van der Waals surface area contributed by atoms with Gasteiger partial charge in [0.05, 0.1) is 30.2 Å². The first-order valence-electron chi connectivity index (χ1n) is 8.92. The van der Waals surface area contributed by atoms with E-state index >= 15 is 0 Å². The normalized spacial score (nSPS) is 19.0. The van der Waals surface area contributed by atoms with Gasteiger partial charge in [-0.05, 0) is 55.0 Å². The maximum absolute atomic E-state index is 12.8. The minimum atomic E-state index is -0.132. The average Bonchev–Trinajstić information content (AvgIpc) is 2.98. The summed E-state index contributed by atoms with van der Waals surface area (Å²) in [6, 6.07) is 15.3. The summed E-state index contributed by atoms with van der Waals surface area (Å²) in [6.07, 6.45) is 1.89. The number of morpholine rings is 1. The van der Waals surface area contributed by atoms with Gasteiger partial charge >= 0.3 is 0 Å². The van der Waals surface area contributed by atoms with Gasteiger partial charge in [-0.1, -0.05) is 23.7 Å². The number of hydrogen-bond acceptors (Lipinski definition) is 4. The Kier molecular flexibility index (Phi) is 4.97. The van der Waals surface area contributed by atoms with E-state index in [1.807, 2.05) is 25.1 Å². The highest BCUT2D eigenvalue weighted by atomic mass is 35.5. The second-order valence-corrected chi connectivity index (χ2v) is 6.96. The molecule has 27 heavy (non-hydrogen) atoms. The van der Waals surface area contributed by atoms with Gasteiger partial charge in [0.25, 0.3) is 5.91 Å². The van der Waals surface area contributed by atoms with Crippen LogP contribution >= 0.6 is 11.6 Å². The molecule has 1 amide bonds. The van der Waals surface area contributed by atoms with Gasteiger partial charge in [0.2, 0.25) is 0 Å². The molecule has 0 aromatic heterocycles. The fraction of sp³-hybridized carbons (Fsp3) is 0.238. The quantitative estimate of drug-likeness (QED) is 0.755. The number of hydrazone groups is 1. The molecule has 0 radical (unpaired) electrons. The van der Waals surface area contributed by atoms with Crippen LogP contribution in [0.3, 0.4) is 0 Å². The van der Waals surface area contributed by atoms with E-state index in [0.717, 1.165) is 31.9 Å². The third kappa shape index (κ3) is 3.75. The van der Waals surface area contributed by atoms with Crippen LogP contribution in [0.15, 0.2) is 59.2 Å². The Morgan fingerprint density at radius 3 is 2.30 bits per heavy atom. The molecule has 138 valence electrons. The molecule has 2 aliphatic rings. The van der Waals surface area contributed by atoms with Crippen LogP contribution in [-0.4, -0.2) is 37.9 Å². The van der Waals surface area contributed by atoms with E-state index < -0.39 is 0 Å². The second-order valence-electron chi connectivity index (χ2n) is 6.53. The first-order chi connectivity index (χ1) is 13.1. The van der Waals surface area contributed by atoms with E-state index in [4.69, 9.17) is 16.3 Å². The molecule has 0 bridgehead atoms. The summed E-state index contributed by atoms with van der Waals surface area (Å²) < 4.78 is 5.40. The molecule has 0 spiro atoms. The van der Waals surface area contributed by atoms with Gasteiger partial charge in [-0.3, -0.25) is 4.79 Å². The Balaban J connectivity index is 1.54. The van der Waals surface area contributed by atoms with Gasteiger partial charge in [-0.2, -0.15) is 10.1 Å². The molecule has 1 fully saturated rings. The Hall–Kier alpha value is -2.63. The van der Waals surface area contributed by atoms with Crippen molar-refractivity contribution in [2.45, 2.75) is 6.92 Å². The van der Waals surface area contributed by atoms with Crippen molar-refractivity contribution in [2.75, 3.05) is 36.2 Å². The number of hydrogen-bond donors (Lipinski definition) is 0. The second kappa shape index (κ2) is 7.55. The molecule has 5 nitrogen and oxygen atoms in total. The molecule has 0 aliphatic carbocycles. The molecule has 0 unspecified atom stereocenters. The third-order valence-corrected chi connectivity index (χ3v) is 4.97. The molecule has 0 N–H and O–H groups in total. The summed E-state index contributed by atoms with van der Waals surface area (Å²) >= 11 is 5.93. The molecule has 1 saturated heterocycles. The van der Waals surface area contributed by atoms with E-state index in [2.05, 4.69) is 22.1 Å². The van der Waals surface area contributed by atoms with Crippen molar-refractivity contribution in [1.29, 1.82) is 0 Å². The minimum absolute atomic E-state index is 0.132. The first-order valence-corrected chi connectivity index (χ1v) is 9.30. The Morgan fingerprint density at radius 1 is 1.00 bits per heavy atom. The van der Waals surface area contributed by atoms with Gasteiger partial charge in [0.1, 0.15) is 0 Å². The lowest BCUT2D eigenvalue weighted by Crippen LogP contribution is -2.36. The smallest absolute Gasteiger partial charge is 0.280 e. The molecule has 0 saturated carbocycles. The lowest BCUT2D eigenvalue weighted by atomic mass is 10.1. The van der Waals surface area contributed by atoms with Crippen molar-refractivity contribution >= 4 is 40.7 Å². The number of benzene rings is 2. The molecule has 2 heterocycles. The maximum Gasteiger partial charge on any atom is 0.280 e. The number of halogens is 1. The van der Waals surface area contributed by atoms with Gasteiger partial charge < -0.3 is 9.64 Å². The topological polar surface area (TPSA) is 45.1 Å². The SMILES string of the molecule is CC1=NN(c2ccc(Cl)cc2)C(=O)/C1=C\c1ccc(N2CCOCC2)cc1. The highest BCUT2D eigenvalue weighted by Crippen LogP contribution is 2.26. The fourth-order valence-electron chi connectivity index (χ4n) is 3.21. The summed E-state index contributed by atoms with van der Waals surface area (Å²) in [5.41, 5.74) is 4.15. The molecule has 4 rings (SSSR count). The Labute approximate surface area is 163 Å². The Morgan fingerprint density at radius 2 is 1.63 bits per heavy atom. The number of amides is 1. The number of carbonyl (C=O) groups is 1. The lowest BCUT2D eigenvalue weighted by Gasteiger charge is -2.28. The molecule has 2 aliphatic heterocycles. The summed E-state index contributed by atoms with van der Waals surface area (Å²) in [6.45, 7) is 5.18. The van der Waals surface area contributed by atoms with E-state index in [-0.39, 0.29) is 5.91 Å². The van der Waals surface area contributed by atoms with Crippen LogP contribution < -0.4 is 9.91 Å². The highest BCUT2D eigenvalue weighted by molar-refractivity contribution is 6.32. The van der Waals surface area contributed by atoms with Crippen molar-refractivity contribution < 1.29 is 9.53 Å². The fourth-order valence-corrected chi connectivity index (χ4v) is 3.34. The number of carbonyl (C=O) groups excluding carboxylic acids is 1. The summed E-state index contributed by atoms with van der Waals surface area (Å²) in [5.74, 6) is -0.132. The standard InChI is InChI=1S/C21H20ClN3O2/c1-15-20(21(26)25(23-15)19-8-4-17(22)5-9-19)14-16-2-6-18(7-3-16)24-10-12-27-13-11-24/h2-9,14H,10-13H2,1H3/b20-14-. The van der Waals surface area contributed by atoms with Crippen LogP contribution in [-0.2, 0) is 9.53 Å². The summed E-state index contributed by atoms with van der Waals surface area (Å²) in [4.78, 5) is 15.1. The summed E-state index contributed by atoms with van der Waals surface area (Å²) in [7, 11) is 0. The molecular formula is C21H20ClN3O2. The van der Waals surface area contributed by atoms with E-state index in [0.29, 0.717) is 22.0 Å². The average molecular weight is 382 g/mol. The lowest BCUT2D eigenvalue weighted by molar-refractivity contribution is -0.114. The highest BCUT2D eigenvalue weighted by Gasteiger charge is 2.28. The van der Waals surface area contributed by atoms with Crippen molar-refractivity contribution in [3.05, 3.63) is 64.7 Å². The zero-order chi connectivity index (χ0) is 18.8. The van der Waals surface area contributed by atoms with Crippen molar-refractivity contribution in [1.82, 2.24) is 0 Å². The number of ether oxygens (including phenoxy) is 1. The van der Waals surface area contributed by atoms with Crippen LogP contribution in [0.5, 0.6) is 0 Å². The van der Waals surface area contributed by atoms with Crippen LogP contribution in [0, 0.1) is 0 Å². The van der Waals surface area contributed by atoms with Gasteiger partial charge in [-0.15, -0.1) is 0 Å². The van der Waals surface area contributed by atoms with E-state index in [1.54, 1.807) is 24.3 Å². The predicted molar refractivity (Wildman–Crippen MR) is 109 cm³/mol. The molecule has 6 heteroatoms. The largest absolute Gasteiger partial charge is 0.378 e. The van der Waals surface area contributed by atoms with Crippen LogP contribution in [0.1, 0.15) is 12.5 Å². The molecule has 2 aromatic rings. The maximum atomic E-state index is 12.8. The Bertz CT molecular complexity index is 898. The monoisotopic (exact) mass is 381 g/mol. The van der Waals surface area contributed by atoms with Crippen LogP contribution in [0.2, 0.25) is 5.02 Å². The zero-order valence-corrected chi connectivity index (χ0v) is 15.8.